The molecular weight excluding hydrogens is 402 g/mol. The first-order valence-electron chi connectivity index (χ1n) is 10.5. The molecule has 1 aliphatic heterocycles. The van der Waals surface area contributed by atoms with Crippen LogP contribution in [0.2, 0.25) is 0 Å². The molecule has 0 saturated heterocycles. The number of rotatable bonds is 3. The number of hydrogen-bond acceptors (Lipinski definition) is 4. The van der Waals surface area contributed by atoms with Gasteiger partial charge < -0.3 is 15.1 Å². The van der Waals surface area contributed by atoms with Crippen LogP contribution in [0.5, 0.6) is 11.5 Å². The Morgan fingerprint density at radius 3 is 2.53 bits per heavy atom. The van der Waals surface area contributed by atoms with Gasteiger partial charge in [0, 0.05) is 24.0 Å². The Bertz CT molecular complexity index is 1470. The lowest BCUT2D eigenvalue weighted by molar-refractivity contribution is 0.404. The lowest BCUT2D eigenvalue weighted by Crippen LogP contribution is -2.34. The van der Waals surface area contributed by atoms with Gasteiger partial charge in [0.25, 0.3) is 5.56 Å². The van der Waals surface area contributed by atoms with Crippen molar-refractivity contribution < 1.29 is 10.2 Å². The van der Waals surface area contributed by atoms with Gasteiger partial charge in [-0.25, -0.2) is 4.68 Å². The van der Waals surface area contributed by atoms with E-state index in [0.717, 1.165) is 42.0 Å². The van der Waals surface area contributed by atoms with E-state index in [2.05, 4.69) is 22.6 Å². The summed E-state index contributed by atoms with van der Waals surface area (Å²) >= 11 is 0. The number of aromatic nitrogens is 2. The highest BCUT2D eigenvalue weighted by Crippen LogP contribution is 2.37. The zero-order chi connectivity index (χ0) is 22.2. The topological polar surface area (TPSA) is 81.5 Å². The Morgan fingerprint density at radius 1 is 0.938 bits per heavy atom. The number of para-hydroxylation sites is 1. The molecule has 160 valence electrons. The van der Waals surface area contributed by atoms with E-state index in [1.807, 2.05) is 48.5 Å². The monoisotopic (exact) mass is 425 g/mol. The maximum Gasteiger partial charge on any atom is 0.279 e. The quantitative estimate of drug-likeness (QED) is 0.441. The molecule has 0 bridgehead atoms. The van der Waals surface area contributed by atoms with Crippen LogP contribution in [-0.4, -0.2) is 26.5 Å². The summed E-state index contributed by atoms with van der Waals surface area (Å²) in [5.41, 5.74) is 4.61. The molecule has 6 heteroatoms. The van der Waals surface area contributed by atoms with Crippen LogP contribution >= 0.6 is 0 Å². The molecule has 4 aromatic rings. The van der Waals surface area contributed by atoms with Crippen LogP contribution in [0.4, 0.5) is 11.4 Å². The summed E-state index contributed by atoms with van der Waals surface area (Å²) in [5, 5.41) is 23.7. The third-order valence-electron chi connectivity index (χ3n) is 5.82. The van der Waals surface area contributed by atoms with Crippen molar-refractivity contribution in [3.8, 4) is 17.2 Å². The summed E-state index contributed by atoms with van der Waals surface area (Å²) in [6, 6.07) is 20.4. The Morgan fingerprint density at radius 2 is 1.75 bits per heavy atom. The third kappa shape index (κ3) is 3.46. The van der Waals surface area contributed by atoms with Gasteiger partial charge in [0.1, 0.15) is 0 Å². The first-order valence-corrected chi connectivity index (χ1v) is 10.5. The van der Waals surface area contributed by atoms with Crippen LogP contribution in [0.25, 0.3) is 18.3 Å². The molecule has 0 saturated carbocycles. The van der Waals surface area contributed by atoms with Crippen molar-refractivity contribution >= 4 is 24.0 Å². The normalized spacial score (nSPS) is 13.9. The van der Waals surface area contributed by atoms with Gasteiger partial charge in [-0.1, -0.05) is 30.8 Å². The molecule has 3 N–H and O–H groups in total. The molecule has 0 atom stereocenters. The summed E-state index contributed by atoms with van der Waals surface area (Å²) in [4.78, 5) is 15.1. The molecule has 0 radical (unpaired) electrons. The van der Waals surface area contributed by atoms with Crippen molar-refractivity contribution in [3.05, 3.63) is 98.8 Å². The summed E-state index contributed by atoms with van der Waals surface area (Å²) in [7, 11) is 0. The number of nitrogens with zero attached hydrogens (tertiary/aromatic N) is 2. The van der Waals surface area contributed by atoms with Crippen LogP contribution in [0, 0.1) is 0 Å². The Labute approximate surface area is 184 Å². The van der Waals surface area contributed by atoms with Crippen molar-refractivity contribution in [1.82, 2.24) is 9.78 Å². The molecule has 0 amide bonds. The smallest absolute Gasteiger partial charge is 0.279 e. The Balaban J connectivity index is 1.55. The Hall–Kier alpha value is -4.19. The van der Waals surface area contributed by atoms with E-state index >= 15 is 0 Å². The molecule has 3 aromatic carbocycles. The number of aromatic amines is 1. The van der Waals surface area contributed by atoms with Gasteiger partial charge in [0.15, 0.2) is 11.5 Å². The van der Waals surface area contributed by atoms with E-state index in [1.54, 1.807) is 12.1 Å². The number of phenols is 2. The number of nitrogens with one attached hydrogen (secondary N) is 1. The lowest BCUT2D eigenvalue weighted by Gasteiger charge is -2.31. The second-order valence-corrected chi connectivity index (χ2v) is 7.94. The van der Waals surface area contributed by atoms with E-state index in [9.17, 15) is 15.0 Å². The standard InChI is InChI=1S/C26H23N3O3/c1-17-22(26(32)29(27-17)20-7-3-2-4-8-20)15-18-9-11-23-19(14-18)6-5-13-28(23)21-10-12-24(30)25(31)16-21/h2-4,7-12,14-16,27,30-31H,1,5-6,13H2. The summed E-state index contributed by atoms with van der Waals surface area (Å²) in [6.07, 6.45) is 3.76. The highest BCUT2D eigenvalue weighted by atomic mass is 16.3. The zero-order valence-corrected chi connectivity index (χ0v) is 17.5. The summed E-state index contributed by atoms with van der Waals surface area (Å²) in [5.74, 6) is -0.266. The van der Waals surface area contributed by atoms with Crippen molar-refractivity contribution in [1.29, 1.82) is 0 Å². The van der Waals surface area contributed by atoms with Crippen LogP contribution in [0.1, 0.15) is 17.5 Å². The number of H-pyrrole nitrogens is 1. The largest absolute Gasteiger partial charge is 0.504 e. The van der Waals surface area contributed by atoms with Gasteiger partial charge in [0.05, 0.1) is 16.3 Å². The van der Waals surface area contributed by atoms with E-state index in [1.165, 1.54) is 16.3 Å². The molecule has 0 fully saturated rings. The second-order valence-electron chi connectivity index (χ2n) is 7.94. The number of aromatic hydroxyl groups is 2. The van der Waals surface area contributed by atoms with Gasteiger partial charge in [-0.2, -0.15) is 0 Å². The van der Waals surface area contributed by atoms with Gasteiger partial charge in [0.2, 0.25) is 0 Å². The fourth-order valence-corrected chi connectivity index (χ4v) is 4.22. The fraction of sp³-hybridized carbons (Fsp3) is 0.115. The van der Waals surface area contributed by atoms with Crippen LogP contribution in [-0.2, 0) is 6.42 Å². The van der Waals surface area contributed by atoms with E-state index in [0.29, 0.717) is 10.6 Å². The minimum Gasteiger partial charge on any atom is -0.504 e. The number of aryl methyl sites for hydroxylation is 1. The molecule has 0 spiro atoms. The van der Waals surface area contributed by atoms with Gasteiger partial charge in [-0.15, -0.1) is 0 Å². The van der Waals surface area contributed by atoms with E-state index in [4.69, 9.17) is 0 Å². The molecule has 32 heavy (non-hydrogen) atoms. The third-order valence-corrected chi connectivity index (χ3v) is 5.82. The average Bonchev–Trinajstić information content (AvgIpc) is 3.09. The zero-order valence-electron chi connectivity index (χ0n) is 17.5. The van der Waals surface area contributed by atoms with Crippen molar-refractivity contribution in [2.24, 2.45) is 0 Å². The van der Waals surface area contributed by atoms with Crippen LogP contribution in [0.3, 0.4) is 0 Å². The van der Waals surface area contributed by atoms with Crippen LogP contribution in [0.15, 0.2) is 71.5 Å². The van der Waals surface area contributed by atoms with E-state index < -0.39 is 0 Å². The minimum atomic E-state index is -0.139. The minimum absolute atomic E-state index is 0.132. The number of phenolic OH excluding ortho intramolecular Hbond substituents is 2. The molecular formula is C26H23N3O3. The van der Waals surface area contributed by atoms with Crippen molar-refractivity contribution in [2.75, 3.05) is 11.4 Å². The lowest BCUT2D eigenvalue weighted by atomic mass is 9.98. The molecule has 1 aromatic heterocycles. The molecule has 0 aliphatic carbocycles. The molecule has 6 nitrogen and oxygen atoms in total. The number of benzene rings is 3. The first kappa shape index (κ1) is 19.8. The molecule has 2 heterocycles. The summed E-state index contributed by atoms with van der Waals surface area (Å²) < 4.78 is 1.51. The maximum absolute atomic E-state index is 13.0. The predicted molar refractivity (Wildman–Crippen MR) is 126 cm³/mol. The molecule has 0 unspecified atom stereocenters. The number of anilines is 2. The molecule has 5 rings (SSSR count). The number of fused-ring (bicyclic) bond motifs is 1. The van der Waals surface area contributed by atoms with Crippen molar-refractivity contribution in [3.63, 3.8) is 0 Å². The maximum atomic E-state index is 13.0. The predicted octanol–water partition coefficient (Wildman–Crippen LogP) is 2.90. The molecule has 1 aliphatic rings. The highest BCUT2D eigenvalue weighted by molar-refractivity contribution is 5.71. The second kappa shape index (κ2) is 7.81. The summed E-state index contributed by atoms with van der Waals surface area (Å²) in [6.45, 7) is 4.84. The first-order chi connectivity index (χ1) is 15.5. The highest BCUT2D eigenvalue weighted by Gasteiger charge is 2.19. The van der Waals surface area contributed by atoms with Crippen LogP contribution < -0.4 is 21.0 Å². The van der Waals surface area contributed by atoms with Crippen molar-refractivity contribution in [2.45, 2.75) is 12.8 Å². The SMILES string of the molecule is C=c1[nH]n(-c2ccccc2)c(=O)c1=Cc1ccc2c(c1)CCCN2c1ccc(O)c(O)c1. The van der Waals surface area contributed by atoms with Gasteiger partial charge >= 0.3 is 0 Å². The van der Waals surface area contributed by atoms with Gasteiger partial charge in [-0.05, 0) is 66.4 Å². The number of hydrogen-bond donors (Lipinski definition) is 3. The van der Waals surface area contributed by atoms with Gasteiger partial charge in [-0.3, -0.25) is 9.89 Å². The van der Waals surface area contributed by atoms with E-state index in [-0.39, 0.29) is 17.1 Å². The Kier molecular flexibility index (Phi) is 4.82. The fourth-order valence-electron chi connectivity index (χ4n) is 4.22. The average molecular weight is 425 g/mol.